The van der Waals surface area contributed by atoms with Crippen LogP contribution in [0, 0.1) is 0 Å². The van der Waals surface area contributed by atoms with Crippen molar-refractivity contribution in [3.63, 3.8) is 0 Å². The molecule has 1 heteroatoms. The largest absolute Gasteiger partial charge is 0.498 e. The van der Waals surface area contributed by atoms with Gasteiger partial charge in [-0.1, -0.05) is 39.0 Å². The maximum absolute atomic E-state index is 5.40. The quantitative estimate of drug-likeness (QED) is 0.540. The molecule has 1 unspecified atom stereocenters. The average Bonchev–Trinajstić information content (AvgIpc) is 2.63. The summed E-state index contributed by atoms with van der Waals surface area (Å²) in [6, 6.07) is 0. The topological polar surface area (TPSA) is 9.23 Å². The van der Waals surface area contributed by atoms with Gasteiger partial charge < -0.3 is 4.74 Å². The summed E-state index contributed by atoms with van der Waals surface area (Å²) in [6.07, 6.45) is 15.2. The van der Waals surface area contributed by atoms with Crippen molar-refractivity contribution in [1.82, 2.24) is 0 Å². The molecule has 0 aromatic heterocycles. The molecule has 0 spiro atoms. The van der Waals surface area contributed by atoms with Gasteiger partial charge in [0, 0.05) is 6.42 Å². The lowest BCUT2D eigenvalue weighted by molar-refractivity contribution is 0.157. The van der Waals surface area contributed by atoms with Crippen molar-refractivity contribution >= 4 is 0 Å². The van der Waals surface area contributed by atoms with Crippen LogP contribution < -0.4 is 0 Å². The Morgan fingerprint density at radius 3 is 2.62 bits per heavy atom. The third kappa shape index (κ3) is 4.97. The molecular weight excluding hydrogens is 160 g/mol. The van der Waals surface area contributed by atoms with Gasteiger partial charge in [0.2, 0.25) is 0 Å². The molecule has 1 atom stereocenters. The predicted octanol–water partition coefficient (Wildman–Crippen LogP) is 4.04. The fourth-order valence-corrected chi connectivity index (χ4v) is 1.77. The summed E-state index contributed by atoms with van der Waals surface area (Å²) in [5.74, 6) is 0. The lowest BCUT2D eigenvalue weighted by Gasteiger charge is -2.09. The number of hydrogen-bond acceptors (Lipinski definition) is 1. The maximum Gasteiger partial charge on any atom is 0.101 e. The molecule has 0 radical (unpaired) electrons. The van der Waals surface area contributed by atoms with E-state index in [0.717, 1.165) is 6.42 Å². The summed E-state index contributed by atoms with van der Waals surface area (Å²) in [7, 11) is 0. The molecule has 0 aromatic carbocycles. The molecule has 0 N–H and O–H groups in total. The molecule has 0 saturated carbocycles. The Labute approximate surface area is 82.2 Å². The highest BCUT2D eigenvalue weighted by Crippen LogP contribution is 2.16. The standard InChI is InChI=1S/C12H22O/c1-2-3-4-5-6-7-9-12-10-8-11-13-12/h8,11-12H,2-7,9-10H2,1H3. The predicted molar refractivity (Wildman–Crippen MR) is 56.6 cm³/mol. The van der Waals surface area contributed by atoms with Crippen LogP contribution in [0.1, 0.15) is 58.3 Å². The van der Waals surface area contributed by atoms with E-state index in [2.05, 4.69) is 13.0 Å². The molecule has 1 aliphatic heterocycles. The normalized spacial score (nSPS) is 20.5. The van der Waals surface area contributed by atoms with Crippen LogP contribution in [0.3, 0.4) is 0 Å². The third-order valence-electron chi connectivity index (χ3n) is 2.65. The van der Waals surface area contributed by atoms with Gasteiger partial charge in [-0.2, -0.15) is 0 Å². The van der Waals surface area contributed by atoms with Crippen molar-refractivity contribution in [2.24, 2.45) is 0 Å². The molecule has 0 saturated heterocycles. The molecule has 0 amide bonds. The first-order valence-corrected chi connectivity index (χ1v) is 5.74. The lowest BCUT2D eigenvalue weighted by atomic mass is 10.1. The zero-order valence-corrected chi connectivity index (χ0v) is 8.80. The Morgan fingerprint density at radius 2 is 1.92 bits per heavy atom. The Balaban J connectivity index is 1.78. The Morgan fingerprint density at radius 1 is 1.15 bits per heavy atom. The Kier molecular flexibility index (Phi) is 5.71. The van der Waals surface area contributed by atoms with Gasteiger partial charge in [0.1, 0.15) is 6.10 Å². The van der Waals surface area contributed by atoms with Gasteiger partial charge in [0.15, 0.2) is 0 Å². The minimum Gasteiger partial charge on any atom is -0.498 e. The highest BCUT2D eigenvalue weighted by atomic mass is 16.5. The summed E-state index contributed by atoms with van der Waals surface area (Å²) in [5.41, 5.74) is 0. The molecule has 0 aromatic rings. The second-order valence-corrected chi connectivity index (χ2v) is 3.92. The molecule has 0 bridgehead atoms. The van der Waals surface area contributed by atoms with Crippen molar-refractivity contribution in [2.75, 3.05) is 0 Å². The van der Waals surface area contributed by atoms with Gasteiger partial charge in [-0.05, 0) is 18.9 Å². The molecule has 13 heavy (non-hydrogen) atoms. The minimum atomic E-state index is 0.506. The first-order chi connectivity index (χ1) is 6.43. The lowest BCUT2D eigenvalue weighted by Crippen LogP contribution is -2.03. The summed E-state index contributed by atoms with van der Waals surface area (Å²) in [4.78, 5) is 0. The first-order valence-electron chi connectivity index (χ1n) is 5.74. The van der Waals surface area contributed by atoms with E-state index < -0.39 is 0 Å². The van der Waals surface area contributed by atoms with E-state index in [1.807, 2.05) is 6.26 Å². The SMILES string of the molecule is CCCCCCCCC1CC=CO1. The van der Waals surface area contributed by atoms with Crippen LogP contribution in [0.4, 0.5) is 0 Å². The van der Waals surface area contributed by atoms with E-state index in [1.165, 1.54) is 44.9 Å². The van der Waals surface area contributed by atoms with Crippen molar-refractivity contribution < 1.29 is 4.74 Å². The van der Waals surface area contributed by atoms with E-state index >= 15 is 0 Å². The molecule has 1 rings (SSSR count). The Hall–Kier alpha value is -0.460. The summed E-state index contributed by atoms with van der Waals surface area (Å²) in [6.45, 7) is 2.26. The van der Waals surface area contributed by atoms with Crippen LogP contribution in [-0.4, -0.2) is 6.10 Å². The van der Waals surface area contributed by atoms with E-state index in [-0.39, 0.29) is 0 Å². The number of ether oxygens (including phenoxy) is 1. The van der Waals surface area contributed by atoms with Crippen LogP contribution in [0.15, 0.2) is 12.3 Å². The zero-order valence-electron chi connectivity index (χ0n) is 8.80. The van der Waals surface area contributed by atoms with Crippen LogP contribution in [0.25, 0.3) is 0 Å². The second kappa shape index (κ2) is 6.99. The molecule has 0 fully saturated rings. The summed E-state index contributed by atoms with van der Waals surface area (Å²) < 4.78 is 5.40. The highest BCUT2D eigenvalue weighted by molar-refractivity contribution is 4.86. The van der Waals surface area contributed by atoms with Crippen LogP contribution in [0.5, 0.6) is 0 Å². The minimum absolute atomic E-state index is 0.506. The molecule has 0 aliphatic carbocycles. The molecular formula is C12H22O. The van der Waals surface area contributed by atoms with Crippen molar-refractivity contribution in [1.29, 1.82) is 0 Å². The van der Waals surface area contributed by atoms with Gasteiger partial charge in [0.05, 0.1) is 6.26 Å². The fraction of sp³-hybridized carbons (Fsp3) is 0.833. The summed E-state index contributed by atoms with van der Waals surface area (Å²) in [5, 5.41) is 0. The second-order valence-electron chi connectivity index (χ2n) is 3.92. The first kappa shape index (κ1) is 10.6. The molecule has 76 valence electrons. The zero-order chi connectivity index (χ0) is 9.36. The number of unbranched alkanes of at least 4 members (excludes halogenated alkanes) is 5. The monoisotopic (exact) mass is 182 g/mol. The highest BCUT2D eigenvalue weighted by Gasteiger charge is 2.09. The van der Waals surface area contributed by atoms with Gasteiger partial charge >= 0.3 is 0 Å². The third-order valence-corrected chi connectivity index (χ3v) is 2.65. The van der Waals surface area contributed by atoms with E-state index in [0.29, 0.717) is 6.10 Å². The smallest absolute Gasteiger partial charge is 0.101 e. The summed E-state index contributed by atoms with van der Waals surface area (Å²) >= 11 is 0. The number of hydrogen-bond donors (Lipinski definition) is 0. The van der Waals surface area contributed by atoms with Crippen LogP contribution >= 0.6 is 0 Å². The van der Waals surface area contributed by atoms with Crippen LogP contribution in [-0.2, 0) is 4.74 Å². The van der Waals surface area contributed by atoms with Crippen molar-refractivity contribution in [3.05, 3.63) is 12.3 Å². The van der Waals surface area contributed by atoms with E-state index in [4.69, 9.17) is 4.74 Å². The van der Waals surface area contributed by atoms with Gasteiger partial charge in [-0.15, -0.1) is 0 Å². The van der Waals surface area contributed by atoms with Gasteiger partial charge in [-0.25, -0.2) is 0 Å². The molecule has 1 heterocycles. The molecule has 1 aliphatic rings. The fourth-order valence-electron chi connectivity index (χ4n) is 1.77. The Bertz CT molecular complexity index is 132. The molecule has 1 nitrogen and oxygen atoms in total. The van der Waals surface area contributed by atoms with E-state index in [1.54, 1.807) is 0 Å². The average molecular weight is 182 g/mol. The van der Waals surface area contributed by atoms with Gasteiger partial charge in [-0.3, -0.25) is 0 Å². The number of rotatable bonds is 7. The maximum atomic E-state index is 5.40. The van der Waals surface area contributed by atoms with Crippen molar-refractivity contribution in [2.45, 2.75) is 64.4 Å². The van der Waals surface area contributed by atoms with Crippen molar-refractivity contribution in [3.8, 4) is 0 Å². The van der Waals surface area contributed by atoms with Crippen LogP contribution in [0.2, 0.25) is 0 Å². The van der Waals surface area contributed by atoms with Gasteiger partial charge in [0.25, 0.3) is 0 Å². The van der Waals surface area contributed by atoms with E-state index in [9.17, 15) is 0 Å².